The van der Waals surface area contributed by atoms with E-state index in [1.807, 2.05) is 54.6 Å². The highest BCUT2D eigenvalue weighted by Gasteiger charge is 2.05. The highest BCUT2D eigenvalue weighted by molar-refractivity contribution is 5.29. The molecule has 0 saturated carbocycles. The smallest absolute Gasteiger partial charge is 0.119 e. The highest BCUT2D eigenvalue weighted by Crippen LogP contribution is 2.21. The SMILES string of the molecule is CCCC(O)c1ccc(OCc2ccccc2)cc1. The van der Waals surface area contributed by atoms with Gasteiger partial charge in [0, 0.05) is 0 Å². The van der Waals surface area contributed by atoms with Crippen LogP contribution >= 0.6 is 0 Å². The van der Waals surface area contributed by atoms with Gasteiger partial charge < -0.3 is 9.84 Å². The lowest BCUT2D eigenvalue weighted by atomic mass is 10.1. The molecule has 2 rings (SSSR count). The van der Waals surface area contributed by atoms with Gasteiger partial charge in [0.05, 0.1) is 6.10 Å². The van der Waals surface area contributed by atoms with Crippen LogP contribution in [0.15, 0.2) is 54.6 Å². The van der Waals surface area contributed by atoms with Gasteiger partial charge in [-0.05, 0) is 29.7 Å². The number of hydrogen-bond donors (Lipinski definition) is 1. The molecule has 0 aromatic heterocycles. The van der Waals surface area contributed by atoms with Crippen molar-refractivity contribution >= 4 is 0 Å². The average Bonchev–Trinajstić information content (AvgIpc) is 2.47. The molecule has 0 amide bonds. The number of aliphatic hydroxyl groups is 1. The van der Waals surface area contributed by atoms with E-state index in [2.05, 4.69) is 6.92 Å². The summed E-state index contributed by atoms with van der Waals surface area (Å²) >= 11 is 0. The summed E-state index contributed by atoms with van der Waals surface area (Å²) in [6.45, 7) is 2.64. The fraction of sp³-hybridized carbons (Fsp3) is 0.294. The van der Waals surface area contributed by atoms with Gasteiger partial charge >= 0.3 is 0 Å². The Hall–Kier alpha value is -1.80. The Morgan fingerprint density at radius 1 is 1.00 bits per heavy atom. The maximum absolute atomic E-state index is 9.88. The molecule has 0 fully saturated rings. The van der Waals surface area contributed by atoms with Gasteiger partial charge in [-0.2, -0.15) is 0 Å². The third-order valence-electron chi connectivity index (χ3n) is 3.08. The predicted octanol–water partition coefficient (Wildman–Crippen LogP) is 4.10. The molecule has 2 heteroatoms. The van der Waals surface area contributed by atoms with Gasteiger partial charge in [-0.25, -0.2) is 0 Å². The van der Waals surface area contributed by atoms with Crippen LogP contribution in [-0.4, -0.2) is 5.11 Å². The van der Waals surface area contributed by atoms with Crippen LogP contribution in [0.4, 0.5) is 0 Å². The first kappa shape index (κ1) is 13.6. The number of rotatable bonds is 6. The molecule has 0 heterocycles. The Morgan fingerprint density at radius 2 is 1.68 bits per heavy atom. The summed E-state index contributed by atoms with van der Waals surface area (Å²) in [6, 6.07) is 17.8. The highest BCUT2D eigenvalue weighted by atomic mass is 16.5. The Labute approximate surface area is 114 Å². The average molecular weight is 256 g/mol. The monoisotopic (exact) mass is 256 g/mol. The molecule has 1 N–H and O–H groups in total. The standard InChI is InChI=1S/C17H20O2/c1-2-6-17(18)15-9-11-16(12-10-15)19-13-14-7-4-3-5-8-14/h3-5,7-12,17-18H,2,6,13H2,1H3. The van der Waals surface area contributed by atoms with Crippen LogP contribution in [0.5, 0.6) is 5.75 Å². The Balaban J connectivity index is 1.92. The van der Waals surface area contributed by atoms with Crippen molar-refractivity contribution in [1.29, 1.82) is 0 Å². The molecule has 0 saturated heterocycles. The maximum atomic E-state index is 9.88. The number of hydrogen-bond acceptors (Lipinski definition) is 2. The molecule has 1 atom stereocenters. The Kier molecular flexibility index (Phi) is 4.99. The lowest BCUT2D eigenvalue weighted by Crippen LogP contribution is -1.98. The molecule has 0 spiro atoms. The van der Waals surface area contributed by atoms with E-state index < -0.39 is 0 Å². The molecule has 1 unspecified atom stereocenters. The van der Waals surface area contributed by atoms with Gasteiger partial charge in [0.15, 0.2) is 0 Å². The lowest BCUT2D eigenvalue weighted by Gasteiger charge is -2.11. The fourth-order valence-corrected chi connectivity index (χ4v) is 1.97. The minimum Gasteiger partial charge on any atom is -0.489 e. The number of ether oxygens (including phenoxy) is 1. The van der Waals surface area contributed by atoms with Gasteiger partial charge in [-0.3, -0.25) is 0 Å². The summed E-state index contributed by atoms with van der Waals surface area (Å²) in [6.07, 6.45) is 1.41. The van der Waals surface area contributed by atoms with Crippen molar-refractivity contribution in [2.75, 3.05) is 0 Å². The van der Waals surface area contributed by atoms with E-state index in [9.17, 15) is 5.11 Å². The number of aliphatic hydroxyl groups excluding tert-OH is 1. The maximum Gasteiger partial charge on any atom is 0.119 e. The molecule has 0 aliphatic heterocycles. The van der Waals surface area contributed by atoms with Crippen LogP contribution < -0.4 is 4.74 Å². The molecule has 100 valence electrons. The minimum absolute atomic E-state index is 0.367. The van der Waals surface area contributed by atoms with Gasteiger partial charge in [-0.15, -0.1) is 0 Å². The van der Waals surface area contributed by atoms with Crippen LogP contribution in [0.1, 0.15) is 37.0 Å². The number of benzene rings is 2. The second kappa shape index (κ2) is 6.95. The quantitative estimate of drug-likeness (QED) is 0.843. The van der Waals surface area contributed by atoms with Crippen LogP contribution in [0.2, 0.25) is 0 Å². The molecule has 2 aromatic carbocycles. The molecule has 0 aliphatic carbocycles. The van der Waals surface area contributed by atoms with E-state index in [-0.39, 0.29) is 6.10 Å². The molecule has 19 heavy (non-hydrogen) atoms. The molecule has 0 bridgehead atoms. The van der Waals surface area contributed by atoms with Crippen LogP contribution in [-0.2, 0) is 6.61 Å². The third kappa shape index (κ3) is 4.11. The second-order valence-corrected chi connectivity index (χ2v) is 4.65. The van der Waals surface area contributed by atoms with Crippen LogP contribution in [0.3, 0.4) is 0 Å². The van der Waals surface area contributed by atoms with E-state index in [1.54, 1.807) is 0 Å². The molecule has 0 radical (unpaired) electrons. The zero-order valence-electron chi connectivity index (χ0n) is 11.3. The van der Waals surface area contributed by atoms with Crippen LogP contribution in [0, 0.1) is 0 Å². The summed E-state index contributed by atoms with van der Waals surface area (Å²) in [5.74, 6) is 0.830. The zero-order valence-corrected chi connectivity index (χ0v) is 11.3. The van der Waals surface area contributed by atoms with E-state index >= 15 is 0 Å². The molecular formula is C17H20O2. The van der Waals surface area contributed by atoms with Gasteiger partial charge in [0.25, 0.3) is 0 Å². The van der Waals surface area contributed by atoms with Gasteiger partial charge in [0.1, 0.15) is 12.4 Å². The Morgan fingerprint density at radius 3 is 2.32 bits per heavy atom. The lowest BCUT2D eigenvalue weighted by molar-refractivity contribution is 0.166. The second-order valence-electron chi connectivity index (χ2n) is 4.65. The topological polar surface area (TPSA) is 29.5 Å². The van der Waals surface area contributed by atoms with E-state index in [1.165, 1.54) is 0 Å². The van der Waals surface area contributed by atoms with Crippen molar-refractivity contribution in [1.82, 2.24) is 0 Å². The Bertz CT molecular complexity index is 476. The van der Waals surface area contributed by atoms with E-state index in [4.69, 9.17) is 4.74 Å². The summed E-state index contributed by atoms with van der Waals surface area (Å²) in [4.78, 5) is 0. The van der Waals surface area contributed by atoms with Gasteiger partial charge in [-0.1, -0.05) is 55.8 Å². The first-order chi connectivity index (χ1) is 9.29. The van der Waals surface area contributed by atoms with Crippen molar-refractivity contribution < 1.29 is 9.84 Å². The third-order valence-corrected chi connectivity index (χ3v) is 3.08. The van der Waals surface area contributed by atoms with E-state index in [0.717, 1.165) is 29.7 Å². The van der Waals surface area contributed by atoms with Crippen molar-refractivity contribution in [3.8, 4) is 5.75 Å². The summed E-state index contributed by atoms with van der Waals surface area (Å²) in [7, 11) is 0. The molecular weight excluding hydrogens is 236 g/mol. The van der Waals surface area contributed by atoms with Crippen molar-refractivity contribution in [3.63, 3.8) is 0 Å². The fourth-order valence-electron chi connectivity index (χ4n) is 1.97. The first-order valence-electron chi connectivity index (χ1n) is 6.74. The summed E-state index contributed by atoms with van der Waals surface area (Å²) in [5.41, 5.74) is 2.10. The normalized spacial score (nSPS) is 12.1. The first-order valence-corrected chi connectivity index (χ1v) is 6.74. The molecule has 0 aliphatic rings. The van der Waals surface area contributed by atoms with Gasteiger partial charge in [0.2, 0.25) is 0 Å². The van der Waals surface area contributed by atoms with E-state index in [0.29, 0.717) is 6.61 Å². The van der Waals surface area contributed by atoms with Crippen molar-refractivity contribution in [2.45, 2.75) is 32.5 Å². The van der Waals surface area contributed by atoms with Crippen molar-refractivity contribution in [3.05, 3.63) is 65.7 Å². The minimum atomic E-state index is -0.367. The summed E-state index contributed by atoms with van der Waals surface area (Å²) in [5, 5.41) is 9.88. The molecule has 2 nitrogen and oxygen atoms in total. The predicted molar refractivity (Wildman–Crippen MR) is 77.1 cm³/mol. The van der Waals surface area contributed by atoms with Crippen LogP contribution in [0.25, 0.3) is 0 Å². The van der Waals surface area contributed by atoms with Crippen molar-refractivity contribution in [2.24, 2.45) is 0 Å². The molecule has 2 aromatic rings. The largest absolute Gasteiger partial charge is 0.489 e. The summed E-state index contributed by atoms with van der Waals surface area (Å²) < 4.78 is 5.71. The zero-order chi connectivity index (χ0) is 13.5.